The molecule has 8 nitrogen and oxygen atoms in total. The highest BCUT2D eigenvalue weighted by Crippen LogP contribution is 2.30. The summed E-state index contributed by atoms with van der Waals surface area (Å²) in [6.07, 6.45) is 4.47. The molecule has 0 N–H and O–H groups in total. The van der Waals surface area contributed by atoms with E-state index < -0.39 is 0 Å². The predicted octanol–water partition coefficient (Wildman–Crippen LogP) is 2.98. The van der Waals surface area contributed by atoms with Crippen LogP contribution in [0.3, 0.4) is 0 Å². The van der Waals surface area contributed by atoms with E-state index in [1.165, 1.54) is 42.1 Å². The van der Waals surface area contributed by atoms with Crippen LogP contribution in [0.25, 0.3) is 10.2 Å². The summed E-state index contributed by atoms with van der Waals surface area (Å²) in [5.41, 5.74) is 2.09. The van der Waals surface area contributed by atoms with Crippen LogP contribution in [0.5, 0.6) is 0 Å². The van der Waals surface area contributed by atoms with E-state index in [0.717, 1.165) is 21.5 Å². The largest absolute Gasteiger partial charge is 0.334 e. The van der Waals surface area contributed by atoms with Crippen molar-refractivity contribution in [2.45, 2.75) is 13.5 Å². The van der Waals surface area contributed by atoms with Crippen LogP contribution in [0.15, 0.2) is 48.9 Å². The highest BCUT2D eigenvalue weighted by atomic mass is 32.1. The second-order valence-electron chi connectivity index (χ2n) is 7.87. The number of piperazine rings is 1. The quantitative estimate of drug-likeness (QED) is 0.464. The molecule has 1 aliphatic heterocycles. The molecule has 1 saturated heterocycles. The van der Waals surface area contributed by atoms with Gasteiger partial charge < -0.3 is 9.80 Å². The number of benzene rings is 1. The molecule has 0 unspecified atom stereocenters. The summed E-state index contributed by atoms with van der Waals surface area (Å²) in [7, 11) is 0. The number of amides is 2. The van der Waals surface area contributed by atoms with Crippen LogP contribution in [0, 0.1) is 12.7 Å². The van der Waals surface area contributed by atoms with Gasteiger partial charge in [-0.2, -0.15) is 5.10 Å². The van der Waals surface area contributed by atoms with E-state index in [1.807, 2.05) is 17.7 Å². The average molecular weight is 465 g/mol. The Morgan fingerprint density at radius 3 is 2.39 bits per heavy atom. The molecule has 5 rings (SSSR count). The lowest BCUT2D eigenvalue weighted by Gasteiger charge is -2.34. The highest BCUT2D eigenvalue weighted by Gasteiger charge is 2.27. The SMILES string of the molecule is Cc1nn(Cc2ccc(F)cc2)c2sc(C(=O)N3CCN(C(=O)c4cnccn4)CC3)cc12. The highest BCUT2D eigenvalue weighted by molar-refractivity contribution is 7.20. The maximum absolute atomic E-state index is 13.2. The number of rotatable bonds is 4. The van der Waals surface area contributed by atoms with Gasteiger partial charge in [-0.1, -0.05) is 12.1 Å². The van der Waals surface area contributed by atoms with Crippen LogP contribution >= 0.6 is 11.3 Å². The number of carbonyl (C=O) groups excluding carboxylic acids is 2. The molecule has 0 radical (unpaired) electrons. The Kier molecular flexibility index (Phi) is 5.59. The summed E-state index contributed by atoms with van der Waals surface area (Å²) >= 11 is 1.41. The third-order valence-corrected chi connectivity index (χ3v) is 6.84. The number of carbonyl (C=O) groups is 2. The average Bonchev–Trinajstić information content (AvgIpc) is 3.41. The summed E-state index contributed by atoms with van der Waals surface area (Å²) in [6.45, 7) is 4.23. The van der Waals surface area contributed by atoms with E-state index in [9.17, 15) is 14.0 Å². The van der Waals surface area contributed by atoms with E-state index in [0.29, 0.717) is 43.3 Å². The minimum Gasteiger partial charge on any atom is -0.334 e. The van der Waals surface area contributed by atoms with E-state index in [-0.39, 0.29) is 17.6 Å². The maximum Gasteiger partial charge on any atom is 0.274 e. The second kappa shape index (κ2) is 8.70. The third-order valence-electron chi connectivity index (χ3n) is 5.70. The van der Waals surface area contributed by atoms with Crippen LogP contribution in [-0.2, 0) is 6.54 Å². The Morgan fingerprint density at radius 2 is 1.73 bits per heavy atom. The van der Waals surface area contributed by atoms with Crippen LogP contribution < -0.4 is 0 Å². The zero-order chi connectivity index (χ0) is 22.9. The number of aromatic nitrogens is 4. The van der Waals surface area contributed by atoms with Gasteiger partial charge >= 0.3 is 0 Å². The van der Waals surface area contributed by atoms with E-state index >= 15 is 0 Å². The van der Waals surface area contributed by atoms with Crippen LogP contribution in [0.2, 0.25) is 0 Å². The first kappa shape index (κ1) is 21.2. The summed E-state index contributed by atoms with van der Waals surface area (Å²) in [4.78, 5) is 38.8. The molecule has 4 heterocycles. The Labute approximate surface area is 193 Å². The first-order valence-corrected chi connectivity index (χ1v) is 11.4. The standard InChI is InChI=1S/C23H21FN6O2S/c1-15-18-12-20(33-23(18)30(27-15)14-16-2-4-17(24)5-3-16)22(32)29-10-8-28(9-11-29)21(31)19-13-25-6-7-26-19/h2-7,12-13H,8-11,14H2,1H3. The van der Waals surface area contributed by atoms with E-state index in [2.05, 4.69) is 15.1 Å². The Hall–Kier alpha value is -3.66. The number of halogens is 1. The first-order chi connectivity index (χ1) is 16.0. The van der Waals surface area contributed by atoms with Gasteiger partial charge in [-0.05, 0) is 30.7 Å². The van der Waals surface area contributed by atoms with Crippen molar-refractivity contribution in [1.29, 1.82) is 0 Å². The molecular weight excluding hydrogens is 443 g/mol. The molecule has 0 bridgehead atoms. The predicted molar refractivity (Wildman–Crippen MR) is 122 cm³/mol. The molecule has 4 aromatic rings. The summed E-state index contributed by atoms with van der Waals surface area (Å²) in [5.74, 6) is -0.493. The molecule has 0 saturated carbocycles. The van der Waals surface area contributed by atoms with Crippen molar-refractivity contribution in [3.8, 4) is 0 Å². The number of aryl methyl sites for hydroxylation is 1. The minimum atomic E-state index is -0.275. The lowest BCUT2D eigenvalue weighted by Crippen LogP contribution is -2.50. The van der Waals surface area contributed by atoms with Gasteiger partial charge in [0.25, 0.3) is 11.8 Å². The van der Waals surface area contributed by atoms with Crippen molar-refractivity contribution in [3.05, 3.63) is 76.6 Å². The van der Waals surface area contributed by atoms with Gasteiger partial charge in [0.1, 0.15) is 16.3 Å². The van der Waals surface area contributed by atoms with Crippen molar-refractivity contribution < 1.29 is 14.0 Å². The van der Waals surface area contributed by atoms with Crippen molar-refractivity contribution in [2.24, 2.45) is 0 Å². The molecular formula is C23H21FN6O2S. The number of hydrogen-bond acceptors (Lipinski definition) is 6. The lowest BCUT2D eigenvalue weighted by atomic mass is 10.2. The Morgan fingerprint density at radius 1 is 1.03 bits per heavy atom. The van der Waals surface area contributed by atoms with Gasteiger partial charge in [-0.15, -0.1) is 11.3 Å². The Bertz CT molecular complexity index is 1310. The van der Waals surface area contributed by atoms with Crippen LogP contribution in [-0.4, -0.2) is 67.5 Å². The molecule has 0 aliphatic carbocycles. The van der Waals surface area contributed by atoms with E-state index in [1.54, 1.807) is 21.9 Å². The van der Waals surface area contributed by atoms with Gasteiger partial charge in [-0.25, -0.2) is 9.37 Å². The first-order valence-electron chi connectivity index (χ1n) is 10.6. The van der Waals surface area contributed by atoms with Crippen LogP contribution in [0.1, 0.15) is 31.4 Å². The number of hydrogen-bond donors (Lipinski definition) is 0. The molecule has 0 spiro atoms. The molecule has 3 aromatic heterocycles. The third kappa shape index (κ3) is 4.21. The van der Waals surface area contributed by atoms with Gasteiger partial charge in [0.05, 0.1) is 23.3 Å². The normalized spacial score (nSPS) is 14.1. The molecule has 1 fully saturated rings. The Balaban J connectivity index is 1.29. The van der Waals surface area contributed by atoms with Gasteiger partial charge in [0.15, 0.2) is 0 Å². The molecule has 0 atom stereocenters. The monoisotopic (exact) mass is 464 g/mol. The second-order valence-corrected chi connectivity index (χ2v) is 8.90. The van der Waals surface area contributed by atoms with Gasteiger partial charge in [-0.3, -0.25) is 19.3 Å². The molecule has 33 heavy (non-hydrogen) atoms. The summed E-state index contributed by atoms with van der Waals surface area (Å²) in [6, 6.07) is 8.23. The lowest BCUT2D eigenvalue weighted by molar-refractivity contribution is 0.0534. The molecule has 1 aliphatic rings. The van der Waals surface area contributed by atoms with Crippen molar-refractivity contribution in [1.82, 2.24) is 29.5 Å². The van der Waals surface area contributed by atoms with Gasteiger partial charge in [0.2, 0.25) is 0 Å². The summed E-state index contributed by atoms with van der Waals surface area (Å²) in [5, 5.41) is 5.54. The van der Waals surface area contributed by atoms with Crippen molar-refractivity contribution in [2.75, 3.05) is 26.2 Å². The van der Waals surface area contributed by atoms with E-state index in [4.69, 9.17) is 0 Å². The fraction of sp³-hybridized carbons (Fsp3) is 0.261. The number of fused-ring (bicyclic) bond motifs is 1. The summed E-state index contributed by atoms with van der Waals surface area (Å²) < 4.78 is 15.1. The molecule has 2 amide bonds. The smallest absolute Gasteiger partial charge is 0.274 e. The maximum atomic E-state index is 13.2. The fourth-order valence-electron chi connectivity index (χ4n) is 3.93. The molecule has 168 valence electrons. The van der Waals surface area contributed by atoms with Crippen molar-refractivity contribution in [3.63, 3.8) is 0 Å². The molecule has 1 aromatic carbocycles. The number of nitrogens with zero attached hydrogens (tertiary/aromatic N) is 6. The zero-order valence-electron chi connectivity index (χ0n) is 17.9. The number of thiophene rings is 1. The topological polar surface area (TPSA) is 84.2 Å². The molecule has 10 heteroatoms. The zero-order valence-corrected chi connectivity index (χ0v) is 18.8. The van der Waals surface area contributed by atoms with Gasteiger partial charge in [0, 0.05) is 44.0 Å². The van der Waals surface area contributed by atoms with Crippen LogP contribution in [0.4, 0.5) is 4.39 Å². The van der Waals surface area contributed by atoms with Crippen molar-refractivity contribution >= 4 is 33.4 Å². The minimum absolute atomic E-state index is 0.0458. The fourth-order valence-corrected chi connectivity index (χ4v) is 5.06.